The first-order chi connectivity index (χ1) is 12.2. The van der Waals surface area contributed by atoms with Crippen molar-refractivity contribution >= 4 is 5.82 Å². The van der Waals surface area contributed by atoms with Crippen LogP contribution < -0.4 is 9.64 Å². The molecule has 2 heterocycles. The van der Waals surface area contributed by atoms with Crippen molar-refractivity contribution in [1.29, 1.82) is 5.26 Å². The van der Waals surface area contributed by atoms with Gasteiger partial charge in [-0.25, -0.2) is 4.98 Å². The van der Waals surface area contributed by atoms with Crippen molar-refractivity contribution < 1.29 is 9.84 Å². The third kappa shape index (κ3) is 3.92. The van der Waals surface area contributed by atoms with Crippen molar-refractivity contribution in [1.82, 2.24) is 4.98 Å². The highest BCUT2D eigenvalue weighted by molar-refractivity contribution is 5.42. The highest BCUT2D eigenvalue weighted by atomic mass is 16.5. The van der Waals surface area contributed by atoms with Crippen molar-refractivity contribution in [2.24, 2.45) is 5.41 Å². The van der Waals surface area contributed by atoms with Crippen molar-refractivity contribution in [3.05, 3.63) is 53.7 Å². The maximum Gasteiger partial charge on any atom is 0.142 e. The summed E-state index contributed by atoms with van der Waals surface area (Å²) in [5.74, 6) is 1.64. The number of aliphatic hydroxyl groups excluding tert-OH is 1. The SMILES string of the molecule is COc1cccc(C[C@]2(CO)CCCN(c3cccc(C#N)n3)C2)c1. The fraction of sp³-hybridized carbons (Fsp3) is 0.400. The summed E-state index contributed by atoms with van der Waals surface area (Å²) in [6.45, 7) is 1.74. The second-order valence-corrected chi connectivity index (χ2v) is 6.70. The van der Waals surface area contributed by atoms with E-state index in [2.05, 4.69) is 22.0 Å². The minimum atomic E-state index is -0.213. The summed E-state index contributed by atoms with van der Waals surface area (Å²) < 4.78 is 5.31. The molecule has 1 aromatic carbocycles. The highest BCUT2D eigenvalue weighted by Gasteiger charge is 2.35. The van der Waals surface area contributed by atoms with Crippen LogP contribution in [0.1, 0.15) is 24.1 Å². The average Bonchev–Trinajstić information content (AvgIpc) is 2.68. The van der Waals surface area contributed by atoms with Crippen LogP contribution >= 0.6 is 0 Å². The van der Waals surface area contributed by atoms with E-state index in [1.54, 1.807) is 13.2 Å². The summed E-state index contributed by atoms with van der Waals surface area (Å²) in [4.78, 5) is 6.59. The van der Waals surface area contributed by atoms with Crippen LogP contribution in [-0.4, -0.2) is 36.9 Å². The molecule has 5 nitrogen and oxygen atoms in total. The molecule has 0 unspecified atom stereocenters. The molecule has 0 aliphatic carbocycles. The summed E-state index contributed by atoms with van der Waals surface area (Å²) in [6.07, 6.45) is 2.74. The number of hydrogen-bond donors (Lipinski definition) is 1. The van der Waals surface area contributed by atoms with Gasteiger partial charge in [0.2, 0.25) is 0 Å². The summed E-state index contributed by atoms with van der Waals surface area (Å²) in [5.41, 5.74) is 1.37. The summed E-state index contributed by atoms with van der Waals surface area (Å²) in [7, 11) is 1.66. The van der Waals surface area contributed by atoms with Crippen LogP contribution in [0.5, 0.6) is 5.75 Å². The van der Waals surface area contributed by atoms with Gasteiger partial charge in [0, 0.05) is 18.5 Å². The van der Waals surface area contributed by atoms with Gasteiger partial charge in [0.1, 0.15) is 23.3 Å². The normalized spacial score (nSPS) is 20.1. The minimum Gasteiger partial charge on any atom is -0.497 e. The van der Waals surface area contributed by atoms with Gasteiger partial charge in [-0.15, -0.1) is 0 Å². The molecular formula is C20H23N3O2. The Morgan fingerprint density at radius 1 is 1.32 bits per heavy atom. The van der Waals surface area contributed by atoms with Crippen LogP contribution in [0, 0.1) is 16.7 Å². The molecule has 25 heavy (non-hydrogen) atoms. The number of nitrogens with zero attached hydrogens (tertiary/aromatic N) is 3. The van der Waals surface area contributed by atoms with Gasteiger partial charge in [-0.2, -0.15) is 5.26 Å². The predicted molar refractivity (Wildman–Crippen MR) is 96.6 cm³/mol. The number of nitriles is 1. The van der Waals surface area contributed by atoms with Gasteiger partial charge < -0.3 is 14.7 Å². The van der Waals surface area contributed by atoms with Crippen LogP contribution in [0.2, 0.25) is 0 Å². The largest absolute Gasteiger partial charge is 0.497 e. The van der Waals surface area contributed by atoms with Gasteiger partial charge in [-0.1, -0.05) is 18.2 Å². The van der Waals surface area contributed by atoms with Crippen LogP contribution in [0.4, 0.5) is 5.82 Å². The number of aliphatic hydroxyl groups is 1. The smallest absolute Gasteiger partial charge is 0.142 e. The van der Waals surface area contributed by atoms with Crippen molar-refractivity contribution in [2.45, 2.75) is 19.3 Å². The minimum absolute atomic E-state index is 0.124. The maximum atomic E-state index is 10.2. The first kappa shape index (κ1) is 17.2. The molecule has 1 aliphatic rings. The molecule has 3 rings (SSSR count). The number of pyridine rings is 1. The molecule has 1 atom stereocenters. The molecular weight excluding hydrogens is 314 g/mol. The Bertz CT molecular complexity index is 772. The van der Waals surface area contributed by atoms with Crippen LogP contribution in [0.3, 0.4) is 0 Å². The molecule has 1 fully saturated rings. The summed E-state index contributed by atoms with van der Waals surface area (Å²) in [5, 5.41) is 19.2. The number of piperidine rings is 1. The van der Waals surface area contributed by atoms with E-state index in [1.807, 2.05) is 30.3 Å². The molecule has 0 spiro atoms. The second kappa shape index (κ2) is 7.54. The van der Waals surface area contributed by atoms with Crippen LogP contribution in [0.25, 0.3) is 0 Å². The van der Waals surface area contributed by atoms with E-state index < -0.39 is 0 Å². The molecule has 1 aliphatic heterocycles. The molecule has 1 aromatic heterocycles. The first-order valence-electron chi connectivity index (χ1n) is 8.54. The predicted octanol–water partition coefficient (Wildman–Crippen LogP) is 2.78. The van der Waals surface area contributed by atoms with Gasteiger partial charge in [0.05, 0.1) is 13.7 Å². The van der Waals surface area contributed by atoms with Crippen molar-refractivity contribution in [3.63, 3.8) is 0 Å². The second-order valence-electron chi connectivity index (χ2n) is 6.70. The van der Waals surface area contributed by atoms with E-state index >= 15 is 0 Å². The quantitative estimate of drug-likeness (QED) is 0.908. The number of benzene rings is 1. The van der Waals surface area contributed by atoms with Crippen LogP contribution in [-0.2, 0) is 6.42 Å². The van der Waals surface area contributed by atoms with Gasteiger partial charge in [0.15, 0.2) is 0 Å². The van der Waals surface area contributed by atoms with E-state index in [9.17, 15) is 5.11 Å². The number of hydrogen-bond acceptors (Lipinski definition) is 5. The molecule has 0 bridgehead atoms. The van der Waals surface area contributed by atoms with E-state index in [0.717, 1.165) is 49.5 Å². The molecule has 1 N–H and O–H groups in total. The third-order valence-electron chi connectivity index (χ3n) is 4.88. The topological polar surface area (TPSA) is 69.4 Å². The lowest BCUT2D eigenvalue weighted by Crippen LogP contribution is -2.47. The Morgan fingerprint density at radius 2 is 2.16 bits per heavy atom. The standard InChI is InChI=1S/C20H23N3O2/c1-25-18-7-2-5-16(11-18)12-20(15-24)9-4-10-23(14-20)19-8-3-6-17(13-21)22-19/h2-3,5-8,11,24H,4,9-10,12,14-15H2,1H3/t20-/m1/s1. The number of anilines is 1. The molecule has 0 amide bonds. The van der Waals surface area contributed by atoms with E-state index in [0.29, 0.717) is 5.69 Å². The fourth-order valence-electron chi connectivity index (χ4n) is 3.61. The fourth-order valence-corrected chi connectivity index (χ4v) is 3.61. The van der Waals surface area contributed by atoms with E-state index in [1.165, 1.54) is 0 Å². The molecule has 1 saturated heterocycles. The average molecular weight is 337 g/mol. The van der Waals surface area contributed by atoms with E-state index in [-0.39, 0.29) is 12.0 Å². The molecule has 2 aromatic rings. The molecule has 0 saturated carbocycles. The monoisotopic (exact) mass is 337 g/mol. The number of aromatic nitrogens is 1. The Hall–Kier alpha value is -2.58. The Morgan fingerprint density at radius 3 is 2.92 bits per heavy atom. The van der Waals surface area contributed by atoms with Crippen LogP contribution in [0.15, 0.2) is 42.5 Å². The summed E-state index contributed by atoms with van der Waals surface area (Å²) in [6, 6.07) is 15.6. The van der Waals surface area contributed by atoms with Crippen molar-refractivity contribution in [2.75, 3.05) is 31.7 Å². The first-order valence-corrected chi connectivity index (χ1v) is 8.54. The Kier molecular flexibility index (Phi) is 5.20. The zero-order chi connectivity index (χ0) is 17.7. The lowest BCUT2D eigenvalue weighted by Gasteiger charge is -2.42. The number of methoxy groups -OCH3 is 1. The number of ether oxygens (including phenoxy) is 1. The van der Waals surface area contributed by atoms with Gasteiger partial charge in [0.25, 0.3) is 0 Å². The Balaban J connectivity index is 1.81. The summed E-state index contributed by atoms with van der Waals surface area (Å²) >= 11 is 0. The zero-order valence-corrected chi connectivity index (χ0v) is 14.5. The third-order valence-corrected chi connectivity index (χ3v) is 4.88. The van der Waals surface area contributed by atoms with Gasteiger partial charge in [-0.05, 0) is 49.1 Å². The lowest BCUT2D eigenvalue weighted by atomic mass is 9.75. The maximum absolute atomic E-state index is 10.2. The van der Waals surface area contributed by atoms with Crippen molar-refractivity contribution in [3.8, 4) is 11.8 Å². The van der Waals surface area contributed by atoms with Gasteiger partial charge in [-0.3, -0.25) is 0 Å². The number of rotatable bonds is 5. The highest BCUT2D eigenvalue weighted by Crippen LogP contribution is 2.35. The van der Waals surface area contributed by atoms with Gasteiger partial charge >= 0.3 is 0 Å². The molecule has 0 radical (unpaired) electrons. The van der Waals surface area contributed by atoms with E-state index in [4.69, 9.17) is 10.00 Å². The molecule has 130 valence electrons. The lowest BCUT2D eigenvalue weighted by molar-refractivity contribution is 0.105. The zero-order valence-electron chi connectivity index (χ0n) is 14.5. The Labute approximate surface area is 148 Å². The molecule has 5 heteroatoms.